The van der Waals surface area contributed by atoms with E-state index >= 15 is 0 Å². The van der Waals surface area contributed by atoms with Gasteiger partial charge in [0.1, 0.15) is 6.33 Å². The molecule has 0 radical (unpaired) electrons. The van der Waals surface area contributed by atoms with E-state index in [0.29, 0.717) is 5.92 Å². The first-order valence-electron chi connectivity index (χ1n) is 10.7. The van der Waals surface area contributed by atoms with Crippen molar-refractivity contribution < 1.29 is 0 Å². The van der Waals surface area contributed by atoms with Gasteiger partial charge in [0, 0.05) is 18.3 Å². The van der Waals surface area contributed by atoms with Crippen molar-refractivity contribution in [2.45, 2.75) is 52.5 Å². The van der Waals surface area contributed by atoms with Crippen molar-refractivity contribution >= 4 is 16.7 Å². The number of nitrogens with one attached hydrogen (secondary N) is 2. The van der Waals surface area contributed by atoms with E-state index in [2.05, 4.69) is 66.4 Å². The maximum Gasteiger partial charge on any atom is 0.326 e. The monoisotopic (exact) mass is 404 g/mol. The first kappa shape index (κ1) is 19.1. The third kappa shape index (κ3) is 2.88. The molecule has 0 unspecified atom stereocenters. The number of hydrogen-bond acceptors (Lipinski definition) is 4. The maximum atomic E-state index is 12.9. The second kappa shape index (κ2) is 7.09. The van der Waals surface area contributed by atoms with Gasteiger partial charge in [-0.1, -0.05) is 13.8 Å². The quantitative estimate of drug-likeness (QED) is 0.546. The van der Waals surface area contributed by atoms with Crippen LogP contribution in [0.5, 0.6) is 0 Å². The smallest absolute Gasteiger partial charge is 0.315 e. The van der Waals surface area contributed by atoms with Crippen LogP contribution in [0.4, 0.5) is 0 Å². The molecule has 0 spiro atoms. The molecule has 1 aliphatic heterocycles. The molecule has 2 N–H and O–H groups in total. The first-order chi connectivity index (χ1) is 14.5. The van der Waals surface area contributed by atoms with Gasteiger partial charge in [-0.25, -0.2) is 14.3 Å². The zero-order valence-electron chi connectivity index (χ0n) is 18.0. The number of pyridine rings is 1. The third-order valence-electron chi connectivity index (χ3n) is 6.56. The molecule has 156 valence electrons. The van der Waals surface area contributed by atoms with Crippen LogP contribution < -0.4 is 11.0 Å². The molecule has 3 aromatic heterocycles. The van der Waals surface area contributed by atoms with Gasteiger partial charge in [-0.15, -0.1) is 0 Å². The highest BCUT2D eigenvalue weighted by Gasteiger charge is 2.22. The van der Waals surface area contributed by atoms with Crippen molar-refractivity contribution in [3.63, 3.8) is 0 Å². The Labute approximate surface area is 175 Å². The molecular weight excluding hydrogens is 376 g/mol. The fourth-order valence-corrected chi connectivity index (χ4v) is 4.79. The van der Waals surface area contributed by atoms with E-state index in [1.807, 2.05) is 9.08 Å². The van der Waals surface area contributed by atoms with Gasteiger partial charge < -0.3 is 10.3 Å². The van der Waals surface area contributed by atoms with Crippen LogP contribution >= 0.6 is 0 Å². The van der Waals surface area contributed by atoms with E-state index in [-0.39, 0.29) is 11.7 Å². The Hall–Kier alpha value is -2.93. The van der Waals surface area contributed by atoms with E-state index in [1.54, 1.807) is 6.33 Å². The van der Waals surface area contributed by atoms with Gasteiger partial charge in [-0.3, -0.25) is 4.57 Å². The molecule has 7 nitrogen and oxygen atoms in total. The molecule has 5 rings (SSSR count). The van der Waals surface area contributed by atoms with Crippen LogP contribution in [0.3, 0.4) is 0 Å². The maximum absolute atomic E-state index is 12.9. The summed E-state index contributed by atoms with van der Waals surface area (Å²) in [5.74, 6) is 0.318. The van der Waals surface area contributed by atoms with Crippen LogP contribution in [0.2, 0.25) is 0 Å². The molecule has 1 aliphatic rings. The summed E-state index contributed by atoms with van der Waals surface area (Å²) in [7, 11) is 0. The van der Waals surface area contributed by atoms with Gasteiger partial charge in [-0.2, -0.15) is 5.10 Å². The van der Waals surface area contributed by atoms with Crippen LogP contribution in [0.25, 0.3) is 27.8 Å². The van der Waals surface area contributed by atoms with Crippen molar-refractivity contribution in [1.29, 1.82) is 0 Å². The number of aromatic nitrogens is 5. The molecule has 1 saturated heterocycles. The average Bonchev–Trinajstić information content (AvgIpc) is 3.33. The van der Waals surface area contributed by atoms with Crippen molar-refractivity contribution in [3.8, 4) is 11.1 Å². The average molecular weight is 405 g/mol. The van der Waals surface area contributed by atoms with Gasteiger partial charge in [0.05, 0.1) is 17.1 Å². The second-order valence-electron chi connectivity index (χ2n) is 8.73. The standard InChI is InChI=1S/C23H28N6O/c1-13(2)17-9-21-20(27-23(30)29(21)16-6-5-7-24-10-16)8-18(17)19-11-28-22(25-12-26-28)15(4)14(19)3/h8-9,11-13,16,24H,5-7,10H2,1-4H3,(H,27,30)/t16-/m1/s1. The first-order valence-corrected chi connectivity index (χ1v) is 10.7. The zero-order chi connectivity index (χ0) is 21.0. The SMILES string of the molecule is Cc1c(-c2cc3[nH]c(=O)n([C@@H]4CCCNC4)c3cc2C(C)C)cn2ncnc2c1C. The predicted octanol–water partition coefficient (Wildman–Crippen LogP) is 3.70. The molecule has 1 fully saturated rings. The summed E-state index contributed by atoms with van der Waals surface area (Å²) in [6.45, 7) is 10.5. The molecule has 1 atom stereocenters. The number of aromatic amines is 1. The highest BCUT2D eigenvalue weighted by Crippen LogP contribution is 2.36. The normalized spacial score (nSPS) is 17.4. The Morgan fingerprint density at radius 3 is 2.73 bits per heavy atom. The number of benzene rings is 1. The van der Waals surface area contributed by atoms with Gasteiger partial charge in [-0.05, 0) is 73.5 Å². The summed E-state index contributed by atoms with van der Waals surface area (Å²) < 4.78 is 3.80. The zero-order valence-corrected chi connectivity index (χ0v) is 18.0. The number of piperidine rings is 1. The number of H-pyrrole nitrogens is 1. The predicted molar refractivity (Wildman–Crippen MR) is 119 cm³/mol. The topological polar surface area (TPSA) is 80.0 Å². The summed E-state index contributed by atoms with van der Waals surface area (Å²) in [5, 5.41) is 7.79. The Bertz CT molecular complexity index is 1300. The van der Waals surface area contributed by atoms with Crippen LogP contribution in [0.15, 0.2) is 29.5 Å². The lowest BCUT2D eigenvalue weighted by atomic mass is 9.89. The molecule has 0 bridgehead atoms. The van der Waals surface area contributed by atoms with E-state index < -0.39 is 0 Å². The highest BCUT2D eigenvalue weighted by atomic mass is 16.1. The van der Waals surface area contributed by atoms with Gasteiger partial charge in [0.25, 0.3) is 0 Å². The Kier molecular flexibility index (Phi) is 4.50. The number of nitrogens with zero attached hydrogens (tertiary/aromatic N) is 4. The van der Waals surface area contributed by atoms with E-state index in [4.69, 9.17) is 0 Å². The van der Waals surface area contributed by atoms with Crippen molar-refractivity contribution in [2.24, 2.45) is 0 Å². The summed E-state index contributed by atoms with van der Waals surface area (Å²) >= 11 is 0. The molecule has 0 amide bonds. The van der Waals surface area contributed by atoms with Crippen LogP contribution in [0, 0.1) is 13.8 Å². The van der Waals surface area contributed by atoms with Gasteiger partial charge >= 0.3 is 5.69 Å². The summed E-state index contributed by atoms with van der Waals surface area (Å²) in [6.07, 6.45) is 5.76. The number of imidazole rings is 1. The van der Waals surface area contributed by atoms with Crippen LogP contribution in [-0.2, 0) is 0 Å². The number of fused-ring (bicyclic) bond motifs is 2. The molecular formula is C23H28N6O. The molecule has 1 aromatic carbocycles. The molecule has 30 heavy (non-hydrogen) atoms. The lowest BCUT2D eigenvalue weighted by molar-refractivity contribution is 0.372. The third-order valence-corrected chi connectivity index (χ3v) is 6.56. The lowest BCUT2D eigenvalue weighted by Crippen LogP contribution is -2.35. The minimum atomic E-state index is -0.0230. The number of aryl methyl sites for hydroxylation is 1. The van der Waals surface area contributed by atoms with Crippen LogP contribution in [-0.4, -0.2) is 37.2 Å². The van der Waals surface area contributed by atoms with Crippen molar-refractivity contribution in [2.75, 3.05) is 13.1 Å². The molecule has 4 heterocycles. The van der Waals surface area contributed by atoms with E-state index in [0.717, 1.165) is 59.3 Å². The summed E-state index contributed by atoms with van der Waals surface area (Å²) in [5.41, 5.74) is 8.57. The van der Waals surface area contributed by atoms with Crippen molar-refractivity contribution in [1.82, 2.24) is 29.5 Å². The van der Waals surface area contributed by atoms with Gasteiger partial charge in [0.2, 0.25) is 0 Å². The number of rotatable bonds is 3. The molecule has 0 saturated carbocycles. The fraction of sp³-hybridized carbons (Fsp3) is 0.435. The van der Waals surface area contributed by atoms with Gasteiger partial charge in [0.15, 0.2) is 5.65 Å². The second-order valence-corrected chi connectivity index (χ2v) is 8.73. The summed E-state index contributed by atoms with van der Waals surface area (Å²) in [4.78, 5) is 20.4. The summed E-state index contributed by atoms with van der Waals surface area (Å²) in [6, 6.07) is 4.55. The number of hydrogen-bond donors (Lipinski definition) is 2. The molecule has 4 aromatic rings. The Morgan fingerprint density at radius 2 is 2.00 bits per heavy atom. The van der Waals surface area contributed by atoms with E-state index in [9.17, 15) is 4.79 Å². The van der Waals surface area contributed by atoms with Crippen molar-refractivity contribution in [3.05, 3.63) is 51.8 Å². The molecule has 7 heteroatoms. The van der Waals surface area contributed by atoms with E-state index in [1.165, 1.54) is 11.1 Å². The minimum Gasteiger partial charge on any atom is -0.315 e. The largest absolute Gasteiger partial charge is 0.326 e. The Morgan fingerprint density at radius 1 is 1.17 bits per heavy atom. The fourth-order valence-electron chi connectivity index (χ4n) is 4.79. The Balaban J connectivity index is 1.76. The highest BCUT2D eigenvalue weighted by molar-refractivity contribution is 5.86. The van der Waals surface area contributed by atoms with Crippen LogP contribution in [0.1, 0.15) is 55.3 Å². The minimum absolute atomic E-state index is 0.0230. The molecule has 0 aliphatic carbocycles. The lowest BCUT2D eigenvalue weighted by Gasteiger charge is -2.24.